The molecule has 1 N–H and O–H groups in total. The maximum absolute atomic E-state index is 15.8. The maximum Gasteiger partial charge on any atom is 0.530 e. The average Bonchev–Trinajstić information content (AvgIpc) is 1.50. The van der Waals surface area contributed by atoms with Crippen LogP contribution in [-0.4, -0.2) is 98.8 Å². The summed E-state index contributed by atoms with van der Waals surface area (Å²) in [5, 5.41) is 9.26. The number of fused-ring (bicyclic) bond motifs is 4. The van der Waals surface area contributed by atoms with Gasteiger partial charge in [-0.2, -0.15) is 45.3 Å². The number of pyridine rings is 1. The molecule has 1 saturated carbocycles. The predicted octanol–water partition coefficient (Wildman–Crippen LogP) is 13.3. The van der Waals surface area contributed by atoms with Crippen molar-refractivity contribution in [2.24, 2.45) is 5.92 Å². The van der Waals surface area contributed by atoms with Crippen LogP contribution in [0.25, 0.3) is 22.0 Å². The number of phosphoric acid groups is 1. The number of rotatable bonds is 23. The fourth-order valence-corrected chi connectivity index (χ4v) is 13.9. The van der Waals surface area contributed by atoms with Gasteiger partial charge in [0.05, 0.1) is 64.4 Å². The van der Waals surface area contributed by atoms with Gasteiger partial charge in [0, 0.05) is 57.7 Å². The summed E-state index contributed by atoms with van der Waals surface area (Å²) in [7, 11) is -8.52. The van der Waals surface area contributed by atoms with Crippen molar-refractivity contribution >= 4 is 69.2 Å². The largest absolute Gasteiger partial charge is 0.755 e. The lowest BCUT2D eigenvalue weighted by Gasteiger charge is -2.33. The summed E-state index contributed by atoms with van der Waals surface area (Å²) in [5.41, 5.74) is -8.42. The molecule has 0 spiro atoms. The van der Waals surface area contributed by atoms with Gasteiger partial charge in [-0.3, -0.25) is 41.3 Å². The van der Waals surface area contributed by atoms with Crippen LogP contribution >= 0.6 is 19.4 Å². The topological polar surface area (TPSA) is 243 Å². The van der Waals surface area contributed by atoms with E-state index >= 15 is 30.7 Å². The van der Waals surface area contributed by atoms with Crippen LogP contribution < -0.4 is 9.84 Å². The highest BCUT2D eigenvalue weighted by Crippen LogP contribution is 2.68. The van der Waals surface area contributed by atoms with Crippen LogP contribution in [-0.2, 0) is 104 Å². The number of aromatic nitrogens is 5. The highest BCUT2D eigenvalue weighted by molar-refractivity contribution is 7.92. The van der Waals surface area contributed by atoms with E-state index in [-0.39, 0.29) is 54.7 Å². The number of carbonyl (C=O) groups is 3. The zero-order valence-corrected chi connectivity index (χ0v) is 57.3. The summed E-state index contributed by atoms with van der Waals surface area (Å²) in [4.78, 5) is 47.5. The van der Waals surface area contributed by atoms with Crippen LogP contribution in [0.3, 0.4) is 0 Å². The van der Waals surface area contributed by atoms with Crippen molar-refractivity contribution in [1.82, 2.24) is 34.2 Å². The van der Waals surface area contributed by atoms with E-state index in [1.165, 1.54) is 39.8 Å². The third-order valence-corrected chi connectivity index (χ3v) is 20.1. The van der Waals surface area contributed by atoms with Gasteiger partial charge in [-0.05, 0) is 147 Å². The number of hydrogen-bond acceptors (Lipinski definition) is 15. The number of esters is 1. The molecule has 2 aliphatic rings. The minimum Gasteiger partial charge on any atom is -0.755 e. The molecule has 3 heterocycles. The number of nitrogens with zero attached hydrogens (tertiary/aromatic N) is 6. The number of phosphoric ester groups is 1. The van der Waals surface area contributed by atoms with E-state index in [1.54, 1.807) is 61.5 Å². The zero-order chi connectivity index (χ0) is 71.7. The normalized spacial score (nSPS) is 16.4. The van der Waals surface area contributed by atoms with Crippen LogP contribution in [0.2, 0.25) is 5.02 Å². The Morgan fingerprint density at radius 3 is 2.08 bits per heavy atom. The number of hydrogen-bond donors (Lipinski definition) is 1. The monoisotopic (exact) mass is 1430 g/mol. The minimum atomic E-state index is -5.26. The number of nitrogens with one attached hydrogen (secondary N) is 1. The van der Waals surface area contributed by atoms with Crippen molar-refractivity contribution in [3.05, 3.63) is 128 Å². The summed E-state index contributed by atoms with van der Waals surface area (Å²) in [6.45, 7) is 13.7. The van der Waals surface area contributed by atoms with E-state index in [1.807, 2.05) is 0 Å². The molecule has 0 aliphatic heterocycles. The lowest BCUT2D eigenvalue weighted by Crippen LogP contribution is -2.37. The highest BCUT2D eigenvalue weighted by Gasteiger charge is 2.68. The highest BCUT2D eigenvalue weighted by atomic mass is 35.5. The molecule has 0 radical (unpaired) electrons. The van der Waals surface area contributed by atoms with E-state index in [2.05, 4.69) is 32.3 Å². The summed E-state index contributed by atoms with van der Waals surface area (Å²) >= 11 is 3.29. The molecule has 0 saturated heterocycles. The Labute approximate surface area is 554 Å². The Hall–Kier alpha value is -6.94. The fourth-order valence-electron chi connectivity index (χ4n) is 11.4. The molecule has 2 aliphatic carbocycles. The van der Waals surface area contributed by atoms with E-state index in [4.69, 9.17) is 29.9 Å². The molecule has 0 bridgehead atoms. The molecule has 522 valence electrons. The number of carbonyl (C=O) groups excluding carboxylic acids is 3. The van der Waals surface area contributed by atoms with Gasteiger partial charge in [0.1, 0.15) is 52.2 Å². The number of alkyl halides is 8. The number of halogens is 11. The lowest BCUT2D eigenvalue weighted by molar-refractivity contribution is -0.154. The van der Waals surface area contributed by atoms with Crippen LogP contribution in [0.5, 0.6) is 5.75 Å². The molecule has 19 nitrogen and oxygen atoms in total. The van der Waals surface area contributed by atoms with Crippen molar-refractivity contribution in [3.63, 3.8) is 0 Å². The number of benzene rings is 3. The molecule has 6 aromatic rings. The Kier molecular flexibility index (Phi) is 21.1. The maximum atomic E-state index is 15.8. The second kappa shape index (κ2) is 27.1. The third-order valence-electron chi connectivity index (χ3n) is 15.4. The summed E-state index contributed by atoms with van der Waals surface area (Å²) < 4.78 is 239. The van der Waals surface area contributed by atoms with Crippen LogP contribution in [0.15, 0.2) is 54.6 Å². The molecule has 8 rings (SSSR count). The van der Waals surface area contributed by atoms with Crippen molar-refractivity contribution in [1.29, 1.82) is 0 Å². The van der Waals surface area contributed by atoms with E-state index in [9.17, 15) is 49.3 Å². The SMILES string of the molecule is Cc1cc(CC(=O)OC(C)(C)C)c(C(C)(C)CC(=O)N(Cc2nn(CC(F)(F)F)c3c(-c4ccc(C#CC(C)(C)S(C)(=O)=O)nc4[C@H](Cc4cc(F)cc(F)c4)NC(=O)Cn4nc(C(F)(F)F)c5c4C(F)(F)[C@@H]4C[C@H]54)ccc(Cl)c23)S(=O)[O-])c(OP(=O)(OC(C)C)OC(C)C)c1. The van der Waals surface area contributed by atoms with Crippen LogP contribution in [0.1, 0.15) is 157 Å². The number of sulfone groups is 1. The van der Waals surface area contributed by atoms with E-state index in [0.717, 1.165) is 36.6 Å². The third kappa shape index (κ3) is 17.1. The first-order chi connectivity index (χ1) is 44.0. The van der Waals surface area contributed by atoms with Gasteiger partial charge >= 0.3 is 26.1 Å². The second-order valence-corrected chi connectivity index (χ2v) is 31.6. The van der Waals surface area contributed by atoms with E-state index in [0.29, 0.717) is 16.3 Å². The zero-order valence-electron chi connectivity index (χ0n) is 54.0. The van der Waals surface area contributed by atoms with Gasteiger partial charge in [-0.15, -0.1) is 0 Å². The minimum absolute atomic E-state index is 0.0346. The Balaban J connectivity index is 1.29. The van der Waals surface area contributed by atoms with E-state index < -0.39 is 206 Å². The first-order valence-corrected chi connectivity index (χ1v) is 34.5. The molecule has 3 aromatic carbocycles. The van der Waals surface area contributed by atoms with Gasteiger partial charge in [0.15, 0.2) is 15.5 Å². The number of ether oxygens (including phenoxy) is 1. The molecular formula is C63H68ClF10N7O12PS2-. The molecule has 1 fully saturated rings. The Morgan fingerprint density at radius 1 is 0.906 bits per heavy atom. The quantitative estimate of drug-likeness (QED) is 0.0206. The second-order valence-electron chi connectivity index (χ2n) is 26.3. The lowest BCUT2D eigenvalue weighted by atomic mass is 9.77. The molecule has 4 atom stereocenters. The van der Waals surface area contributed by atoms with Crippen molar-refractivity contribution in [2.45, 2.75) is 187 Å². The number of amides is 2. The van der Waals surface area contributed by atoms with Crippen LogP contribution in [0, 0.1) is 36.3 Å². The van der Waals surface area contributed by atoms with Gasteiger partial charge in [-0.25, -0.2) is 26.7 Å². The average molecular weight is 1440 g/mol. The summed E-state index contributed by atoms with van der Waals surface area (Å²) in [6.07, 6.45) is -13.3. The van der Waals surface area contributed by atoms with Crippen molar-refractivity contribution < 1.29 is 98.3 Å². The first kappa shape index (κ1) is 74.8. The summed E-state index contributed by atoms with van der Waals surface area (Å²) in [5.74, 6) is -7.34. The molecule has 96 heavy (non-hydrogen) atoms. The van der Waals surface area contributed by atoms with Crippen molar-refractivity contribution in [2.75, 3.05) is 6.26 Å². The molecule has 2 amide bonds. The smallest absolute Gasteiger partial charge is 0.530 e. The van der Waals surface area contributed by atoms with Gasteiger partial charge in [0.25, 0.3) is 5.92 Å². The first-order valence-electron chi connectivity index (χ1n) is 29.7. The fraction of sp³-hybridized carbons (Fsp3) is 0.492. The molecule has 3 aromatic heterocycles. The Morgan fingerprint density at radius 2 is 1.52 bits per heavy atom. The standard InChI is InChI=1S/C63H69ClF10N7O12PS2/c1-32(2)91-94(85,92-33(3)4)93-47-21-34(5)20-36(25-50(84)90-58(6,7)8)53(47)59(9,10)28-49(83)81(95(86)87)29-46-52-44(64)17-16-41(55(52)80(77-46)31-61(67,68)69)40-15-14-39(18-19-60(11,12)96(13,88)89)75-54(40)45(24-35-22-37(65)26-38(66)23-35)76-48(82)30-79-57-51(56(78-79)63(72,73)74)42-27-43(42)62(57,70)71/h14-17,20-23,26,32-33,42-43,45H,24-25,27-31H2,1-13H3,(H,76,82)(H,86,87)/p-1/t42-,43+,45-/m0/s1. The van der Waals surface area contributed by atoms with Gasteiger partial charge in [-0.1, -0.05) is 43.5 Å². The summed E-state index contributed by atoms with van der Waals surface area (Å²) in [6, 6.07) is 7.87. The molecule has 33 heteroatoms. The molecule has 1 unspecified atom stereocenters. The predicted molar refractivity (Wildman–Crippen MR) is 331 cm³/mol. The van der Waals surface area contributed by atoms with Crippen LogP contribution in [0.4, 0.5) is 43.9 Å². The van der Waals surface area contributed by atoms with Gasteiger partial charge in [0.2, 0.25) is 11.8 Å². The van der Waals surface area contributed by atoms with Crippen molar-refractivity contribution in [3.8, 4) is 28.7 Å². The molecular weight excluding hydrogens is 1370 g/mol. The number of aryl methyl sites for hydroxylation is 1. The van der Waals surface area contributed by atoms with Gasteiger partial charge < -0.3 is 19.1 Å². The Bertz CT molecular complexity index is 4300.